The second kappa shape index (κ2) is 8.83. The van der Waals surface area contributed by atoms with Gasteiger partial charge in [-0.25, -0.2) is 19.3 Å². The van der Waals surface area contributed by atoms with Crippen LogP contribution in [0.15, 0.2) is 29.5 Å². The predicted molar refractivity (Wildman–Crippen MR) is 123 cm³/mol. The van der Waals surface area contributed by atoms with E-state index in [0.717, 1.165) is 18.4 Å². The summed E-state index contributed by atoms with van der Waals surface area (Å²) in [4.78, 5) is 35.2. The molecule has 1 amide bonds. The minimum Gasteiger partial charge on any atom is -0.386 e. The standard InChI is InChI=1S/C22H27N7O4/c1-13-10-33-11-14-7-17(21(30)28(9-14)15-3-5-32-6-4-15)26-18-8-16(23-2)19-20(27-18)29(12-24-19)22(31)25-13/h7-9,12-13,15H,3-6,10-11H2,1-2H3,(H,25,31)(H2,23,26,27)/t13-/m1/s1. The molecule has 0 unspecified atom stereocenters. The minimum absolute atomic E-state index is 0.0635. The molecule has 5 heterocycles. The Bertz CT molecular complexity index is 1250. The third kappa shape index (κ3) is 4.16. The predicted octanol–water partition coefficient (Wildman–Crippen LogP) is 2.21. The van der Waals surface area contributed by atoms with E-state index in [2.05, 4.69) is 25.9 Å². The van der Waals surface area contributed by atoms with Gasteiger partial charge in [0.05, 0.1) is 24.9 Å². The van der Waals surface area contributed by atoms with Crippen LogP contribution in [0.3, 0.4) is 0 Å². The Morgan fingerprint density at radius 2 is 2.00 bits per heavy atom. The highest BCUT2D eigenvalue weighted by Gasteiger charge is 2.21. The van der Waals surface area contributed by atoms with Gasteiger partial charge in [-0.1, -0.05) is 0 Å². The zero-order valence-corrected chi connectivity index (χ0v) is 18.6. The molecule has 3 N–H and O–H groups in total. The quantitative estimate of drug-likeness (QED) is 0.540. The summed E-state index contributed by atoms with van der Waals surface area (Å²) in [5.41, 5.74) is 2.76. The fourth-order valence-electron chi connectivity index (χ4n) is 4.27. The highest BCUT2D eigenvalue weighted by Crippen LogP contribution is 2.27. The van der Waals surface area contributed by atoms with Crippen LogP contribution < -0.4 is 21.5 Å². The summed E-state index contributed by atoms with van der Waals surface area (Å²) in [6.45, 7) is 3.76. The summed E-state index contributed by atoms with van der Waals surface area (Å²) in [7, 11) is 1.77. The van der Waals surface area contributed by atoms with Gasteiger partial charge in [0.2, 0.25) is 0 Å². The van der Waals surface area contributed by atoms with Gasteiger partial charge < -0.3 is 30.0 Å². The molecule has 2 aliphatic rings. The lowest BCUT2D eigenvalue weighted by atomic mass is 10.1. The lowest BCUT2D eigenvalue weighted by molar-refractivity contribution is 0.0681. The summed E-state index contributed by atoms with van der Waals surface area (Å²) in [6, 6.07) is 3.05. The molecule has 1 fully saturated rings. The maximum atomic E-state index is 13.4. The molecule has 4 bridgehead atoms. The van der Waals surface area contributed by atoms with E-state index in [1.165, 1.54) is 10.9 Å². The Hall–Kier alpha value is -3.44. The van der Waals surface area contributed by atoms with Crippen molar-refractivity contribution in [2.45, 2.75) is 38.5 Å². The van der Waals surface area contributed by atoms with Crippen LogP contribution in [0.5, 0.6) is 0 Å². The summed E-state index contributed by atoms with van der Waals surface area (Å²) in [5.74, 6) is 0.431. The molecule has 3 aromatic heterocycles. The van der Waals surface area contributed by atoms with E-state index in [1.54, 1.807) is 23.7 Å². The maximum Gasteiger partial charge on any atom is 0.328 e. The minimum atomic E-state index is -0.349. The van der Waals surface area contributed by atoms with Gasteiger partial charge in [0.15, 0.2) is 5.65 Å². The summed E-state index contributed by atoms with van der Waals surface area (Å²) >= 11 is 0. The Balaban J connectivity index is 1.65. The lowest BCUT2D eigenvalue weighted by Gasteiger charge is -2.25. The van der Waals surface area contributed by atoms with E-state index in [9.17, 15) is 9.59 Å². The average Bonchev–Trinajstić information content (AvgIpc) is 3.24. The fourth-order valence-corrected chi connectivity index (χ4v) is 4.27. The molecule has 3 aromatic rings. The van der Waals surface area contributed by atoms with Gasteiger partial charge in [0.1, 0.15) is 23.3 Å². The zero-order valence-electron chi connectivity index (χ0n) is 18.6. The molecule has 11 heteroatoms. The first-order chi connectivity index (χ1) is 16.0. The number of hydrogen-bond acceptors (Lipinski definition) is 8. The first-order valence-electron chi connectivity index (χ1n) is 11.1. The number of ether oxygens (including phenoxy) is 2. The molecule has 5 rings (SSSR count). The summed E-state index contributed by atoms with van der Waals surface area (Å²) in [5, 5.41) is 9.18. The molecule has 0 saturated carbocycles. The van der Waals surface area contributed by atoms with Gasteiger partial charge in [0.25, 0.3) is 5.56 Å². The van der Waals surface area contributed by atoms with E-state index < -0.39 is 0 Å². The molecule has 0 aliphatic carbocycles. The van der Waals surface area contributed by atoms with Crippen LogP contribution >= 0.6 is 0 Å². The number of aromatic nitrogens is 4. The van der Waals surface area contributed by atoms with E-state index in [1.807, 2.05) is 13.1 Å². The van der Waals surface area contributed by atoms with Crippen LogP contribution in [-0.4, -0.2) is 58.0 Å². The van der Waals surface area contributed by atoms with Crippen molar-refractivity contribution in [1.82, 2.24) is 24.4 Å². The number of carbonyl (C=O) groups excluding carboxylic acids is 1. The molecule has 0 radical (unpaired) electrons. The Morgan fingerprint density at radius 1 is 1.18 bits per heavy atom. The monoisotopic (exact) mass is 453 g/mol. The molecular formula is C22H27N7O4. The van der Waals surface area contributed by atoms with Crippen LogP contribution in [0.2, 0.25) is 0 Å². The van der Waals surface area contributed by atoms with Crippen molar-refractivity contribution in [1.29, 1.82) is 0 Å². The van der Waals surface area contributed by atoms with Gasteiger partial charge in [-0.05, 0) is 31.4 Å². The van der Waals surface area contributed by atoms with Crippen molar-refractivity contribution >= 4 is 34.4 Å². The second-order valence-electron chi connectivity index (χ2n) is 8.40. The van der Waals surface area contributed by atoms with Crippen molar-refractivity contribution in [3.05, 3.63) is 40.6 Å². The Labute approximate surface area is 190 Å². The fraction of sp³-hybridized carbons (Fsp3) is 0.455. The zero-order chi connectivity index (χ0) is 22.9. The van der Waals surface area contributed by atoms with Crippen LogP contribution in [0.25, 0.3) is 11.2 Å². The highest BCUT2D eigenvalue weighted by molar-refractivity contribution is 5.94. The first kappa shape index (κ1) is 21.4. The molecule has 0 aromatic carbocycles. The van der Waals surface area contributed by atoms with Crippen LogP contribution in [0, 0.1) is 0 Å². The van der Waals surface area contributed by atoms with Gasteiger partial charge in [-0.15, -0.1) is 0 Å². The molecule has 0 spiro atoms. The number of pyridine rings is 2. The normalized spacial score (nSPS) is 19.7. The van der Waals surface area contributed by atoms with Gasteiger partial charge in [0, 0.05) is 38.6 Å². The third-order valence-electron chi connectivity index (χ3n) is 5.95. The highest BCUT2D eigenvalue weighted by atomic mass is 16.5. The topological polar surface area (TPSA) is 124 Å². The number of fused-ring (bicyclic) bond motifs is 3. The molecule has 11 nitrogen and oxygen atoms in total. The van der Waals surface area contributed by atoms with E-state index in [-0.39, 0.29) is 23.7 Å². The van der Waals surface area contributed by atoms with Crippen LogP contribution in [0.1, 0.15) is 31.4 Å². The Kier molecular flexibility index (Phi) is 5.73. The van der Waals surface area contributed by atoms with Gasteiger partial charge >= 0.3 is 6.03 Å². The van der Waals surface area contributed by atoms with E-state index in [0.29, 0.717) is 54.8 Å². The lowest BCUT2D eigenvalue weighted by Crippen LogP contribution is -2.38. The van der Waals surface area contributed by atoms with E-state index >= 15 is 0 Å². The molecule has 2 aliphatic heterocycles. The first-order valence-corrected chi connectivity index (χ1v) is 11.1. The molecular weight excluding hydrogens is 426 g/mol. The summed E-state index contributed by atoms with van der Waals surface area (Å²) in [6.07, 6.45) is 4.86. The average molecular weight is 454 g/mol. The van der Waals surface area contributed by atoms with E-state index in [4.69, 9.17) is 9.47 Å². The number of imidazole rings is 1. The number of anilines is 3. The number of nitrogens with one attached hydrogen (secondary N) is 3. The van der Waals surface area contributed by atoms with Crippen molar-refractivity contribution in [2.24, 2.45) is 0 Å². The Morgan fingerprint density at radius 3 is 2.79 bits per heavy atom. The largest absolute Gasteiger partial charge is 0.386 e. The van der Waals surface area contributed by atoms with Crippen molar-refractivity contribution in [3.63, 3.8) is 0 Å². The molecule has 1 saturated heterocycles. The molecule has 1 atom stereocenters. The number of carbonyl (C=O) groups is 1. The van der Waals surface area contributed by atoms with Crippen LogP contribution in [-0.2, 0) is 16.1 Å². The molecule has 174 valence electrons. The molecule has 33 heavy (non-hydrogen) atoms. The van der Waals surface area contributed by atoms with Gasteiger partial charge in [-0.3, -0.25) is 4.79 Å². The van der Waals surface area contributed by atoms with Crippen molar-refractivity contribution in [2.75, 3.05) is 37.5 Å². The number of nitrogens with zero attached hydrogens (tertiary/aromatic N) is 4. The maximum absolute atomic E-state index is 13.4. The van der Waals surface area contributed by atoms with Crippen molar-refractivity contribution in [3.8, 4) is 0 Å². The number of rotatable bonds is 2. The smallest absolute Gasteiger partial charge is 0.328 e. The van der Waals surface area contributed by atoms with Crippen LogP contribution in [0.4, 0.5) is 22.0 Å². The second-order valence-corrected chi connectivity index (χ2v) is 8.40. The summed E-state index contributed by atoms with van der Waals surface area (Å²) < 4.78 is 14.5. The number of hydrogen-bond donors (Lipinski definition) is 3. The van der Waals surface area contributed by atoms with Crippen molar-refractivity contribution < 1.29 is 14.3 Å². The number of amides is 1. The SMILES string of the molecule is CNc1cc2nc3c1ncn3C(=O)N[C@H](C)COCc1cc(c(=O)n(C3CCOCC3)c1)N2. The van der Waals surface area contributed by atoms with Gasteiger partial charge in [-0.2, -0.15) is 0 Å². The third-order valence-corrected chi connectivity index (χ3v) is 5.95.